The Bertz CT molecular complexity index is 1000. The second kappa shape index (κ2) is 8.52. The minimum absolute atomic E-state index is 0.0358. The van der Waals surface area contributed by atoms with Gasteiger partial charge >= 0.3 is 5.97 Å². The highest BCUT2D eigenvalue weighted by Crippen LogP contribution is 2.21. The quantitative estimate of drug-likeness (QED) is 0.637. The Balaban J connectivity index is 1.69. The van der Waals surface area contributed by atoms with Crippen LogP contribution < -0.4 is 14.8 Å². The molecule has 2 N–H and O–H groups in total. The minimum atomic E-state index is -3.92. The highest BCUT2D eigenvalue weighted by molar-refractivity contribution is 7.92. The van der Waals surface area contributed by atoms with E-state index in [2.05, 4.69) is 10.0 Å². The van der Waals surface area contributed by atoms with Crippen LogP contribution in [0, 0.1) is 0 Å². The van der Waals surface area contributed by atoms with E-state index in [0.29, 0.717) is 11.4 Å². The molecule has 0 spiro atoms. The van der Waals surface area contributed by atoms with Gasteiger partial charge in [-0.1, -0.05) is 6.07 Å². The van der Waals surface area contributed by atoms with Crippen LogP contribution in [0.2, 0.25) is 0 Å². The molecular formula is C20H22N2O6S. The van der Waals surface area contributed by atoms with Crippen molar-refractivity contribution in [3.8, 4) is 5.75 Å². The molecule has 2 aromatic rings. The van der Waals surface area contributed by atoms with Gasteiger partial charge in [-0.3, -0.25) is 9.52 Å². The number of nitrogens with one attached hydrogen (secondary N) is 2. The number of anilines is 1. The van der Waals surface area contributed by atoms with Crippen LogP contribution in [0.1, 0.15) is 30.1 Å². The van der Waals surface area contributed by atoms with Gasteiger partial charge in [0.25, 0.3) is 15.9 Å². The average Bonchev–Trinajstić information content (AvgIpc) is 3.52. The van der Waals surface area contributed by atoms with Gasteiger partial charge in [-0.2, -0.15) is 0 Å². The van der Waals surface area contributed by atoms with Crippen molar-refractivity contribution in [3.63, 3.8) is 0 Å². The predicted octanol–water partition coefficient (Wildman–Crippen LogP) is 2.32. The SMILES string of the molecule is COc1ccc(NS(=O)(=O)c2cccc(C(=O)OC(C)C(=O)NC3CC3)c2)cc1. The number of carbonyl (C=O) groups is 2. The Kier molecular flexibility index (Phi) is 6.07. The molecule has 1 atom stereocenters. The molecule has 1 aliphatic carbocycles. The fourth-order valence-corrected chi connectivity index (χ4v) is 3.60. The molecule has 29 heavy (non-hydrogen) atoms. The van der Waals surface area contributed by atoms with E-state index < -0.39 is 22.1 Å². The third-order valence-electron chi connectivity index (χ3n) is 4.30. The lowest BCUT2D eigenvalue weighted by atomic mass is 10.2. The Morgan fingerprint density at radius 2 is 1.79 bits per heavy atom. The highest BCUT2D eigenvalue weighted by Gasteiger charge is 2.27. The summed E-state index contributed by atoms with van der Waals surface area (Å²) in [5.41, 5.74) is 0.387. The molecule has 1 amide bonds. The molecule has 0 saturated heterocycles. The van der Waals surface area contributed by atoms with Crippen LogP contribution in [-0.2, 0) is 19.6 Å². The molecule has 0 bridgehead atoms. The van der Waals surface area contributed by atoms with Crippen molar-refractivity contribution >= 4 is 27.6 Å². The lowest BCUT2D eigenvalue weighted by Crippen LogP contribution is -2.37. The topological polar surface area (TPSA) is 111 Å². The van der Waals surface area contributed by atoms with Crippen LogP contribution in [0.15, 0.2) is 53.4 Å². The maximum absolute atomic E-state index is 12.6. The molecule has 1 aliphatic rings. The number of amides is 1. The largest absolute Gasteiger partial charge is 0.497 e. The third-order valence-corrected chi connectivity index (χ3v) is 5.68. The van der Waals surface area contributed by atoms with E-state index in [9.17, 15) is 18.0 Å². The Morgan fingerprint density at radius 1 is 1.10 bits per heavy atom. The summed E-state index contributed by atoms with van der Waals surface area (Å²) in [5.74, 6) is -0.548. The van der Waals surface area contributed by atoms with Crippen molar-refractivity contribution in [2.24, 2.45) is 0 Å². The number of ether oxygens (including phenoxy) is 2. The van der Waals surface area contributed by atoms with Crippen molar-refractivity contribution in [2.45, 2.75) is 36.8 Å². The van der Waals surface area contributed by atoms with Crippen molar-refractivity contribution < 1.29 is 27.5 Å². The number of sulfonamides is 1. The van der Waals surface area contributed by atoms with Crippen LogP contribution >= 0.6 is 0 Å². The number of hydrogen-bond donors (Lipinski definition) is 2. The number of esters is 1. The van der Waals surface area contributed by atoms with E-state index in [1.165, 1.54) is 38.3 Å². The summed E-state index contributed by atoms with van der Waals surface area (Å²) in [5, 5.41) is 2.75. The molecular weight excluding hydrogens is 396 g/mol. The standard InChI is InChI=1S/C20H22N2O6S/c1-13(19(23)21-15-6-7-15)28-20(24)14-4-3-5-18(12-14)29(25,26)22-16-8-10-17(27-2)11-9-16/h3-5,8-13,15,22H,6-7H2,1-2H3,(H,21,23). The smallest absolute Gasteiger partial charge is 0.338 e. The number of rotatable bonds is 8. The molecule has 0 aromatic heterocycles. The van der Waals surface area contributed by atoms with E-state index in [4.69, 9.17) is 9.47 Å². The summed E-state index contributed by atoms with van der Waals surface area (Å²) in [6.07, 6.45) is 0.877. The first kappa shape index (κ1) is 20.7. The van der Waals surface area contributed by atoms with E-state index in [1.54, 1.807) is 24.3 Å². The Morgan fingerprint density at radius 3 is 2.41 bits per heavy atom. The molecule has 1 fully saturated rings. The minimum Gasteiger partial charge on any atom is -0.497 e. The lowest BCUT2D eigenvalue weighted by Gasteiger charge is -2.14. The molecule has 1 saturated carbocycles. The third kappa shape index (κ3) is 5.47. The van der Waals surface area contributed by atoms with Gasteiger partial charge in [-0.05, 0) is 62.2 Å². The molecule has 3 rings (SSSR count). The van der Waals surface area contributed by atoms with Gasteiger partial charge < -0.3 is 14.8 Å². The van der Waals surface area contributed by atoms with E-state index >= 15 is 0 Å². The van der Waals surface area contributed by atoms with E-state index in [0.717, 1.165) is 12.8 Å². The fourth-order valence-electron chi connectivity index (χ4n) is 2.49. The van der Waals surface area contributed by atoms with Crippen molar-refractivity contribution in [3.05, 3.63) is 54.1 Å². The summed E-state index contributed by atoms with van der Waals surface area (Å²) in [4.78, 5) is 24.2. The normalized spacial score (nSPS) is 14.6. The van der Waals surface area contributed by atoms with Gasteiger partial charge in [-0.25, -0.2) is 13.2 Å². The Hall–Kier alpha value is -3.07. The van der Waals surface area contributed by atoms with Crippen LogP contribution in [0.5, 0.6) is 5.75 Å². The summed E-state index contributed by atoms with van der Waals surface area (Å²) in [6, 6.07) is 12.0. The first-order valence-corrected chi connectivity index (χ1v) is 10.5. The zero-order chi connectivity index (χ0) is 21.0. The predicted molar refractivity (Wildman–Crippen MR) is 106 cm³/mol. The van der Waals surface area contributed by atoms with Crippen LogP contribution in [0.4, 0.5) is 5.69 Å². The highest BCUT2D eigenvalue weighted by atomic mass is 32.2. The maximum Gasteiger partial charge on any atom is 0.338 e. The van der Waals surface area contributed by atoms with Crippen molar-refractivity contribution in [2.75, 3.05) is 11.8 Å². The van der Waals surface area contributed by atoms with Gasteiger partial charge in [0, 0.05) is 11.7 Å². The molecule has 0 aliphatic heterocycles. The van der Waals surface area contributed by atoms with Gasteiger partial charge in [0.05, 0.1) is 17.6 Å². The van der Waals surface area contributed by atoms with Crippen LogP contribution in [0.3, 0.4) is 0 Å². The van der Waals surface area contributed by atoms with Crippen molar-refractivity contribution in [1.82, 2.24) is 5.32 Å². The molecule has 154 valence electrons. The van der Waals surface area contributed by atoms with Crippen LogP contribution in [-0.4, -0.2) is 39.5 Å². The molecule has 0 radical (unpaired) electrons. The summed E-state index contributed by atoms with van der Waals surface area (Å²) < 4.78 is 37.9. The lowest BCUT2D eigenvalue weighted by molar-refractivity contribution is -0.129. The number of carbonyl (C=O) groups excluding carboxylic acids is 2. The average molecular weight is 418 g/mol. The zero-order valence-corrected chi connectivity index (χ0v) is 16.9. The molecule has 1 unspecified atom stereocenters. The number of benzene rings is 2. The zero-order valence-electron chi connectivity index (χ0n) is 16.0. The monoisotopic (exact) mass is 418 g/mol. The fraction of sp³-hybridized carbons (Fsp3) is 0.300. The van der Waals surface area contributed by atoms with Gasteiger partial charge in [0.15, 0.2) is 6.10 Å². The van der Waals surface area contributed by atoms with Gasteiger partial charge in [0.1, 0.15) is 5.75 Å². The molecule has 8 nitrogen and oxygen atoms in total. The summed E-state index contributed by atoms with van der Waals surface area (Å²) in [7, 11) is -2.41. The second-order valence-electron chi connectivity index (χ2n) is 6.69. The van der Waals surface area contributed by atoms with Crippen LogP contribution in [0.25, 0.3) is 0 Å². The molecule has 0 heterocycles. The Labute approximate surface area is 169 Å². The summed E-state index contributed by atoms with van der Waals surface area (Å²) >= 11 is 0. The van der Waals surface area contributed by atoms with E-state index in [1.807, 2.05) is 0 Å². The van der Waals surface area contributed by atoms with E-state index in [-0.39, 0.29) is 22.4 Å². The first-order chi connectivity index (χ1) is 13.8. The molecule has 2 aromatic carbocycles. The van der Waals surface area contributed by atoms with Crippen molar-refractivity contribution in [1.29, 1.82) is 0 Å². The summed E-state index contributed by atoms with van der Waals surface area (Å²) in [6.45, 7) is 1.47. The molecule has 9 heteroatoms. The second-order valence-corrected chi connectivity index (χ2v) is 8.37. The number of methoxy groups -OCH3 is 1. The first-order valence-electron chi connectivity index (χ1n) is 9.07. The number of hydrogen-bond acceptors (Lipinski definition) is 6. The van der Waals surface area contributed by atoms with Gasteiger partial charge in [0.2, 0.25) is 0 Å². The van der Waals surface area contributed by atoms with Gasteiger partial charge in [-0.15, -0.1) is 0 Å². The maximum atomic E-state index is 12.6.